The maximum absolute atomic E-state index is 13.4. The normalized spacial score (nSPS) is 16.5. The number of H-pyrrole nitrogens is 1. The first-order chi connectivity index (χ1) is 16.2. The summed E-state index contributed by atoms with van der Waals surface area (Å²) < 4.78 is 11.0. The summed E-state index contributed by atoms with van der Waals surface area (Å²) in [7, 11) is 0. The summed E-state index contributed by atoms with van der Waals surface area (Å²) in [6, 6.07) is 22.3. The zero-order chi connectivity index (χ0) is 22.4. The average Bonchev–Trinajstić information content (AvgIpc) is 3.47. The molecule has 7 heteroatoms. The first kappa shape index (κ1) is 19.4. The minimum Gasteiger partial charge on any atom is -0.454 e. The summed E-state index contributed by atoms with van der Waals surface area (Å²) >= 11 is 0. The van der Waals surface area contributed by atoms with E-state index < -0.39 is 17.9 Å². The van der Waals surface area contributed by atoms with Gasteiger partial charge in [-0.15, -0.1) is 0 Å². The Balaban J connectivity index is 1.42. The molecule has 164 valence electrons. The molecule has 2 aliphatic rings. The lowest BCUT2D eigenvalue weighted by atomic mass is 9.92. The molecule has 0 radical (unpaired) electrons. The van der Waals surface area contributed by atoms with Gasteiger partial charge < -0.3 is 24.7 Å². The predicted octanol–water partition coefficient (Wildman–Crippen LogP) is 4.01. The molecule has 0 saturated carbocycles. The van der Waals surface area contributed by atoms with Crippen molar-refractivity contribution in [2.75, 3.05) is 18.7 Å². The van der Waals surface area contributed by atoms with Crippen LogP contribution in [0.3, 0.4) is 0 Å². The highest BCUT2D eigenvalue weighted by Crippen LogP contribution is 2.42. The van der Waals surface area contributed by atoms with Crippen LogP contribution >= 0.6 is 0 Å². The molecule has 0 aliphatic carbocycles. The number of para-hydroxylation sites is 2. The number of aromatic amines is 1. The minimum atomic E-state index is -0.661. The number of hydrogen-bond donors (Lipinski definition) is 2. The van der Waals surface area contributed by atoms with Crippen molar-refractivity contribution in [2.24, 2.45) is 0 Å². The van der Waals surface area contributed by atoms with E-state index in [0.717, 1.165) is 22.2 Å². The number of anilines is 1. The molecule has 6 rings (SSSR count). The van der Waals surface area contributed by atoms with Gasteiger partial charge in [0.15, 0.2) is 11.5 Å². The van der Waals surface area contributed by atoms with Crippen LogP contribution in [0.5, 0.6) is 11.5 Å². The molecule has 2 amide bonds. The standard InChI is InChI=1S/C26H21N3O4/c30-25(27-17-6-2-1-3-7-17)26(31)29-13-12-19-18-8-4-5-9-20(18)28-23(19)24(29)16-10-11-21-22(14-16)33-15-32-21/h1-11,14,24,28H,12-13,15H2,(H,27,30). The van der Waals surface area contributed by atoms with Gasteiger partial charge in [-0.05, 0) is 47.9 Å². The van der Waals surface area contributed by atoms with Crippen LogP contribution in [0.2, 0.25) is 0 Å². The summed E-state index contributed by atoms with van der Waals surface area (Å²) in [6.07, 6.45) is 0.657. The van der Waals surface area contributed by atoms with E-state index in [1.807, 2.05) is 54.6 Å². The number of rotatable bonds is 2. The molecule has 0 fully saturated rings. The summed E-state index contributed by atoms with van der Waals surface area (Å²) in [6.45, 7) is 0.595. The van der Waals surface area contributed by atoms with Crippen molar-refractivity contribution in [3.05, 3.63) is 89.6 Å². The third kappa shape index (κ3) is 3.29. The molecule has 0 saturated heterocycles. The fourth-order valence-corrected chi connectivity index (χ4v) is 4.73. The Kier molecular flexibility index (Phi) is 4.54. The van der Waals surface area contributed by atoms with Gasteiger partial charge in [0.1, 0.15) is 0 Å². The Morgan fingerprint density at radius 1 is 0.939 bits per heavy atom. The lowest BCUT2D eigenvalue weighted by Gasteiger charge is -2.35. The van der Waals surface area contributed by atoms with E-state index in [1.54, 1.807) is 17.0 Å². The Bertz CT molecular complexity index is 1380. The van der Waals surface area contributed by atoms with E-state index in [9.17, 15) is 9.59 Å². The zero-order valence-corrected chi connectivity index (χ0v) is 17.7. The molecule has 3 heterocycles. The van der Waals surface area contributed by atoms with E-state index in [4.69, 9.17) is 9.47 Å². The highest BCUT2D eigenvalue weighted by molar-refractivity contribution is 6.39. The van der Waals surface area contributed by atoms with Gasteiger partial charge in [0, 0.05) is 28.8 Å². The fraction of sp³-hybridized carbons (Fsp3) is 0.154. The lowest BCUT2D eigenvalue weighted by molar-refractivity contribution is -0.144. The summed E-state index contributed by atoms with van der Waals surface area (Å²) in [5.74, 6) is 0.0697. The lowest BCUT2D eigenvalue weighted by Crippen LogP contribution is -2.45. The number of nitrogens with one attached hydrogen (secondary N) is 2. The van der Waals surface area contributed by atoms with Crippen molar-refractivity contribution in [1.82, 2.24) is 9.88 Å². The number of hydrogen-bond acceptors (Lipinski definition) is 4. The summed E-state index contributed by atoms with van der Waals surface area (Å²) in [5, 5.41) is 3.86. The van der Waals surface area contributed by atoms with Crippen LogP contribution in [-0.4, -0.2) is 35.0 Å². The maximum atomic E-state index is 13.4. The van der Waals surface area contributed by atoms with E-state index in [0.29, 0.717) is 30.2 Å². The van der Waals surface area contributed by atoms with Gasteiger partial charge in [0.2, 0.25) is 6.79 Å². The third-order valence-corrected chi connectivity index (χ3v) is 6.23. The molecule has 1 aromatic heterocycles. The highest BCUT2D eigenvalue weighted by atomic mass is 16.7. The van der Waals surface area contributed by atoms with Crippen molar-refractivity contribution >= 4 is 28.4 Å². The van der Waals surface area contributed by atoms with Crippen molar-refractivity contribution < 1.29 is 19.1 Å². The molecule has 33 heavy (non-hydrogen) atoms. The number of carbonyl (C=O) groups excluding carboxylic acids is 2. The second kappa shape index (κ2) is 7.70. The molecular formula is C26H21N3O4. The van der Waals surface area contributed by atoms with Crippen LogP contribution in [0.25, 0.3) is 10.9 Å². The Labute approximate surface area is 189 Å². The number of ether oxygens (including phenoxy) is 2. The van der Waals surface area contributed by atoms with Gasteiger partial charge in [-0.3, -0.25) is 9.59 Å². The predicted molar refractivity (Wildman–Crippen MR) is 123 cm³/mol. The Hall–Kier alpha value is -4.26. The minimum absolute atomic E-state index is 0.170. The van der Waals surface area contributed by atoms with Crippen LogP contribution in [0.15, 0.2) is 72.8 Å². The van der Waals surface area contributed by atoms with Crippen molar-refractivity contribution in [3.8, 4) is 11.5 Å². The molecule has 4 aromatic rings. The van der Waals surface area contributed by atoms with E-state index >= 15 is 0 Å². The first-order valence-corrected chi connectivity index (χ1v) is 10.8. The summed E-state index contributed by atoms with van der Waals surface area (Å²) in [5.41, 5.74) is 4.53. The molecule has 1 atom stereocenters. The molecule has 1 unspecified atom stereocenters. The number of aromatic nitrogens is 1. The van der Waals surface area contributed by atoms with E-state index in [-0.39, 0.29) is 6.79 Å². The largest absolute Gasteiger partial charge is 0.454 e. The first-order valence-electron chi connectivity index (χ1n) is 10.8. The number of amides is 2. The summed E-state index contributed by atoms with van der Waals surface area (Å²) in [4.78, 5) is 31.4. The number of fused-ring (bicyclic) bond motifs is 4. The molecule has 0 spiro atoms. The van der Waals surface area contributed by atoms with Gasteiger partial charge in [-0.2, -0.15) is 0 Å². The van der Waals surface area contributed by atoms with Crippen LogP contribution in [0.1, 0.15) is 22.9 Å². The Morgan fingerprint density at radius 3 is 2.61 bits per heavy atom. The second-order valence-electron chi connectivity index (χ2n) is 8.15. The topological polar surface area (TPSA) is 83.7 Å². The number of nitrogens with zero attached hydrogens (tertiary/aromatic N) is 1. The van der Waals surface area contributed by atoms with E-state index in [1.165, 1.54) is 5.56 Å². The smallest absolute Gasteiger partial charge is 0.313 e. The van der Waals surface area contributed by atoms with Crippen LogP contribution < -0.4 is 14.8 Å². The maximum Gasteiger partial charge on any atom is 0.313 e. The zero-order valence-electron chi connectivity index (χ0n) is 17.7. The fourth-order valence-electron chi connectivity index (χ4n) is 4.73. The van der Waals surface area contributed by atoms with Gasteiger partial charge in [0.05, 0.1) is 6.04 Å². The highest BCUT2D eigenvalue weighted by Gasteiger charge is 2.37. The molecule has 2 N–H and O–H groups in total. The third-order valence-electron chi connectivity index (χ3n) is 6.23. The monoisotopic (exact) mass is 439 g/mol. The van der Waals surface area contributed by atoms with Crippen LogP contribution in [0, 0.1) is 0 Å². The van der Waals surface area contributed by atoms with Gasteiger partial charge >= 0.3 is 11.8 Å². The van der Waals surface area contributed by atoms with Crippen LogP contribution in [0.4, 0.5) is 5.69 Å². The van der Waals surface area contributed by atoms with Crippen molar-refractivity contribution in [1.29, 1.82) is 0 Å². The number of benzene rings is 3. The number of carbonyl (C=O) groups is 2. The second-order valence-corrected chi connectivity index (χ2v) is 8.15. The SMILES string of the molecule is O=C(Nc1ccccc1)C(=O)N1CCc2c([nH]c3ccccc23)C1c1ccc2c(c1)OCO2. The molecule has 0 bridgehead atoms. The van der Waals surface area contributed by atoms with Crippen molar-refractivity contribution in [2.45, 2.75) is 12.5 Å². The molecule has 7 nitrogen and oxygen atoms in total. The van der Waals surface area contributed by atoms with Gasteiger partial charge in [-0.1, -0.05) is 42.5 Å². The average molecular weight is 439 g/mol. The molecule has 2 aliphatic heterocycles. The van der Waals surface area contributed by atoms with E-state index in [2.05, 4.69) is 16.4 Å². The van der Waals surface area contributed by atoms with Crippen molar-refractivity contribution in [3.63, 3.8) is 0 Å². The quantitative estimate of drug-likeness (QED) is 0.463. The molecule has 3 aromatic carbocycles. The van der Waals surface area contributed by atoms with Gasteiger partial charge in [-0.25, -0.2) is 0 Å². The van der Waals surface area contributed by atoms with Crippen LogP contribution in [-0.2, 0) is 16.0 Å². The molecular weight excluding hydrogens is 418 g/mol. The Morgan fingerprint density at radius 2 is 1.73 bits per heavy atom. The van der Waals surface area contributed by atoms with Gasteiger partial charge in [0.25, 0.3) is 0 Å².